The number of hydrogen-bond acceptors (Lipinski definition) is 3. The summed E-state index contributed by atoms with van der Waals surface area (Å²) in [6.45, 7) is 0.525. The predicted octanol–water partition coefficient (Wildman–Crippen LogP) is 3.26. The van der Waals surface area contributed by atoms with Gasteiger partial charge in [-0.1, -0.05) is 23.7 Å². The van der Waals surface area contributed by atoms with Crippen molar-refractivity contribution in [3.05, 3.63) is 28.8 Å². The molecule has 0 saturated heterocycles. The SMILES string of the molecule is O=C=NCC1CCSc2c(Cl)cccc21. The van der Waals surface area contributed by atoms with Gasteiger partial charge in [-0.25, -0.2) is 9.79 Å². The maximum absolute atomic E-state index is 10.1. The van der Waals surface area contributed by atoms with Gasteiger partial charge in [-0.05, 0) is 23.8 Å². The van der Waals surface area contributed by atoms with Gasteiger partial charge in [0.2, 0.25) is 6.08 Å². The molecule has 0 aliphatic carbocycles. The van der Waals surface area contributed by atoms with E-state index in [-0.39, 0.29) is 0 Å². The summed E-state index contributed by atoms with van der Waals surface area (Å²) >= 11 is 7.89. The standard InChI is InChI=1S/C11H10ClNOS/c12-10-3-1-2-9-8(6-13-7-14)4-5-15-11(9)10/h1-3,8H,4-6H2. The van der Waals surface area contributed by atoms with Crippen LogP contribution in [0.25, 0.3) is 0 Å². The zero-order valence-electron chi connectivity index (χ0n) is 8.07. The summed E-state index contributed by atoms with van der Waals surface area (Å²) in [5.74, 6) is 1.36. The number of nitrogens with zero attached hydrogens (tertiary/aromatic N) is 1. The van der Waals surface area contributed by atoms with Crippen LogP contribution >= 0.6 is 23.4 Å². The highest BCUT2D eigenvalue weighted by atomic mass is 35.5. The van der Waals surface area contributed by atoms with Crippen LogP contribution in [0.1, 0.15) is 17.9 Å². The van der Waals surface area contributed by atoms with Gasteiger partial charge in [0.1, 0.15) is 0 Å². The second-order valence-corrected chi connectivity index (χ2v) is 4.94. The van der Waals surface area contributed by atoms with Crippen molar-refractivity contribution in [2.75, 3.05) is 12.3 Å². The van der Waals surface area contributed by atoms with Crippen molar-refractivity contribution in [2.24, 2.45) is 4.99 Å². The Morgan fingerprint density at radius 1 is 1.60 bits per heavy atom. The Balaban J connectivity index is 2.33. The van der Waals surface area contributed by atoms with E-state index in [0.29, 0.717) is 12.5 Å². The van der Waals surface area contributed by atoms with Crippen molar-refractivity contribution >= 4 is 29.4 Å². The highest BCUT2D eigenvalue weighted by molar-refractivity contribution is 7.99. The molecule has 0 amide bonds. The van der Waals surface area contributed by atoms with Gasteiger partial charge in [0.05, 0.1) is 11.6 Å². The molecule has 1 aromatic rings. The third-order valence-electron chi connectivity index (χ3n) is 2.53. The first kappa shape index (κ1) is 10.7. The van der Waals surface area contributed by atoms with Crippen LogP contribution in [0.3, 0.4) is 0 Å². The normalized spacial score (nSPS) is 19.1. The molecule has 4 heteroatoms. The summed E-state index contributed by atoms with van der Waals surface area (Å²) in [6, 6.07) is 5.92. The largest absolute Gasteiger partial charge is 0.234 e. The number of halogens is 1. The molecule has 0 saturated carbocycles. The number of isocyanates is 1. The van der Waals surface area contributed by atoms with Gasteiger partial charge in [-0.3, -0.25) is 0 Å². The Bertz CT molecular complexity index is 415. The maximum atomic E-state index is 10.1. The molecule has 1 atom stereocenters. The average Bonchev–Trinajstić information content (AvgIpc) is 2.27. The molecule has 0 radical (unpaired) electrons. The molecule has 0 aromatic heterocycles. The van der Waals surface area contributed by atoms with Gasteiger partial charge in [0.15, 0.2) is 0 Å². The predicted molar refractivity (Wildman–Crippen MR) is 62.5 cm³/mol. The minimum absolute atomic E-state index is 0.321. The zero-order chi connectivity index (χ0) is 10.7. The molecule has 2 nitrogen and oxygen atoms in total. The van der Waals surface area contributed by atoms with Crippen molar-refractivity contribution in [1.29, 1.82) is 0 Å². The fraction of sp³-hybridized carbons (Fsp3) is 0.364. The fourth-order valence-electron chi connectivity index (χ4n) is 1.80. The van der Waals surface area contributed by atoms with Crippen LogP contribution in [0.4, 0.5) is 0 Å². The third-order valence-corrected chi connectivity index (χ3v) is 4.14. The lowest BCUT2D eigenvalue weighted by Crippen LogP contribution is -2.10. The number of benzene rings is 1. The molecular formula is C11H10ClNOS. The molecule has 1 heterocycles. The molecule has 0 fully saturated rings. The lowest BCUT2D eigenvalue weighted by molar-refractivity contribution is 0.559. The van der Waals surface area contributed by atoms with Gasteiger partial charge >= 0.3 is 0 Å². The summed E-state index contributed by atoms with van der Waals surface area (Å²) in [5.41, 5.74) is 1.22. The summed E-state index contributed by atoms with van der Waals surface area (Å²) in [7, 11) is 0. The van der Waals surface area contributed by atoms with Crippen molar-refractivity contribution < 1.29 is 4.79 Å². The molecular weight excluding hydrogens is 230 g/mol. The van der Waals surface area contributed by atoms with Crippen LogP contribution in [0.5, 0.6) is 0 Å². The van der Waals surface area contributed by atoms with E-state index < -0.39 is 0 Å². The Labute approximate surface area is 97.7 Å². The Kier molecular flexibility index (Phi) is 3.47. The van der Waals surface area contributed by atoms with E-state index in [1.54, 1.807) is 17.8 Å². The Hall–Kier alpha value is -0.760. The highest BCUT2D eigenvalue weighted by Crippen LogP contribution is 2.41. The highest BCUT2D eigenvalue weighted by Gasteiger charge is 2.21. The van der Waals surface area contributed by atoms with E-state index in [1.165, 1.54) is 5.56 Å². The number of fused-ring (bicyclic) bond motifs is 1. The molecule has 0 spiro atoms. The lowest BCUT2D eigenvalue weighted by atomic mass is 9.96. The quantitative estimate of drug-likeness (QED) is 0.586. The Morgan fingerprint density at radius 3 is 3.27 bits per heavy atom. The molecule has 15 heavy (non-hydrogen) atoms. The monoisotopic (exact) mass is 239 g/mol. The molecule has 2 rings (SSSR count). The molecule has 78 valence electrons. The third kappa shape index (κ3) is 2.25. The summed E-state index contributed by atoms with van der Waals surface area (Å²) in [6.07, 6.45) is 2.64. The second-order valence-electron chi connectivity index (χ2n) is 3.42. The number of hydrogen-bond donors (Lipinski definition) is 0. The molecule has 1 unspecified atom stereocenters. The lowest BCUT2D eigenvalue weighted by Gasteiger charge is -2.23. The van der Waals surface area contributed by atoms with E-state index in [4.69, 9.17) is 11.6 Å². The van der Waals surface area contributed by atoms with Crippen molar-refractivity contribution in [2.45, 2.75) is 17.2 Å². The van der Waals surface area contributed by atoms with Gasteiger partial charge in [0.25, 0.3) is 0 Å². The van der Waals surface area contributed by atoms with E-state index in [9.17, 15) is 4.79 Å². The first-order valence-corrected chi connectivity index (χ1v) is 6.14. The van der Waals surface area contributed by atoms with Gasteiger partial charge in [-0.2, -0.15) is 0 Å². The topological polar surface area (TPSA) is 29.4 Å². The smallest absolute Gasteiger partial charge is 0.211 e. The number of rotatable bonds is 2. The molecule has 1 aromatic carbocycles. The van der Waals surface area contributed by atoms with E-state index >= 15 is 0 Å². The van der Waals surface area contributed by atoms with Crippen LogP contribution in [-0.4, -0.2) is 18.4 Å². The van der Waals surface area contributed by atoms with Crippen molar-refractivity contribution in [1.82, 2.24) is 0 Å². The fourth-order valence-corrected chi connectivity index (χ4v) is 3.35. The van der Waals surface area contributed by atoms with E-state index in [0.717, 1.165) is 22.1 Å². The molecule has 0 N–H and O–H groups in total. The minimum atomic E-state index is 0.321. The van der Waals surface area contributed by atoms with Crippen LogP contribution in [0.2, 0.25) is 5.02 Å². The van der Waals surface area contributed by atoms with E-state index in [2.05, 4.69) is 11.1 Å². The van der Waals surface area contributed by atoms with Gasteiger partial charge in [-0.15, -0.1) is 11.8 Å². The Morgan fingerprint density at radius 2 is 2.47 bits per heavy atom. The summed E-state index contributed by atoms with van der Waals surface area (Å²) < 4.78 is 0. The van der Waals surface area contributed by atoms with Gasteiger partial charge in [0, 0.05) is 10.8 Å². The van der Waals surface area contributed by atoms with Crippen LogP contribution in [-0.2, 0) is 4.79 Å². The maximum Gasteiger partial charge on any atom is 0.234 e. The number of aliphatic imine (C=N–C) groups is 1. The van der Waals surface area contributed by atoms with Crippen LogP contribution < -0.4 is 0 Å². The molecule has 1 aliphatic rings. The van der Waals surface area contributed by atoms with Gasteiger partial charge < -0.3 is 0 Å². The zero-order valence-corrected chi connectivity index (χ0v) is 9.64. The summed E-state index contributed by atoms with van der Waals surface area (Å²) in [5, 5.41) is 0.803. The average molecular weight is 240 g/mol. The summed E-state index contributed by atoms with van der Waals surface area (Å²) in [4.78, 5) is 14.9. The first-order chi connectivity index (χ1) is 7.33. The molecule has 1 aliphatic heterocycles. The second kappa shape index (κ2) is 4.84. The van der Waals surface area contributed by atoms with Crippen LogP contribution in [0, 0.1) is 0 Å². The van der Waals surface area contributed by atoms with Crippen molar-refractivity contribution in [3.8, 4) is 0 Å². The minimum Gasteiger partial charge on any atom is -0.211 e. The van der Waals surface area contributed by atoms with Crippen LogP contribution in [0.15, 0.2) is 28.1 Å². The first-order valence-electron chi connectivity index (χ1n) is 4.77. The van der Waals surface area contributed by atoms with E-state index in [1.807, 2.05) is 12.1 Å². The molecule has 0 bridgehead atoms. The number of thioether (sulfide) groups is 1. The number of carbonyl (C=O) groups excluding carboxylic acids is 1. The van der Waals surface area contributed by atoms with Crippen molar-refractivity contribution in [3.63, 3.8) is 0 Å².